The van der Waals surface area contributed by atoms with Crippen LogP contribution in [0.2, 0.25) is 0 Å². The molecule has 0 radical (unpaired) electrons. The molecule has 1 aliphatic rings. The Hall–Kier alpha value is -1.35. The predicted molar refractivity (Wildman–Crippen MR) is 68.9 cm³/mol. The predicted octanol–water partition coefficient (Wildman–Crippen LogP) is 1.66. The van der Waals surface area contributed by atoms with E-state index in [0.29, 0.717) is 18.4 Å². The Kier molecular flexibility index (Phi) is 4.15. The summed E-state index contributed by atoms with van der Waals surface area (Å²) in [4.78, 5) is 11.6. The Morgan fingerprint density at radius 3 is 2.82 bits per heavy atom. The van der Waals surface area contributed by atoms with Crippen LogP contribution in [0, 0.1) is 0 Å². The highest BCUT2D eigenvalue weighted by Gasteiger charge is 2.27. The fraction of sp³-hybridized carbons (Fsp3) is 0.500. The van der Waals surface area contributed by atoms with E-state index in [9.17, 15) is 4.79 Å². The van der Waals surface area contributed by atoms with Gasteiger partial charge in [-0.1, -0.05) is 30.3 Å². The second-order valence-electron chi connectivity index (χ2n) is 4.60. The Labute approximate surface area is 103 Å². The molecule has 2 rings (SSSR count). The molecule has 1 amide bonds. The fourth-order valence-corrected chi connectivity index (χ4v) is 2.55. The number of amides is 1. The van der Waals surface area contributed by atoms with Crippen molar-refractivity contribution in [1.82, 2.24) is 10.6 Å². The van der Waals surface area contributed by atoms with Crippen LogP contribution >= 0.6 is 0 Å². The molecule has 1 saturated heterocycles. The van der Waals surface area contributed by atoms with Crippen molar-refractivity contribution in [3.63, 3.8) is 0 Å². The first kappa shape index (κ1) is 12.1. The Morgan fingerprint density at radius 1 is 1.47 bits per heavy atom. The molecule has 3 nitrogen and oxygen atoms in total. The molecule has 2 atom stereocenters. The van der Waals surface area contributed by atoms with Crippen LogP contribution in [0.5, 0.6) is 0 Å². The zero-order chi connectivity index (χ0) is 12.1. The first-order valence-electron chi connectivity index (χ1n) is 6.30. The summed E-state index contributed by atoms with van der Waals surface area (Å²) in [6.07, 6.45) is 2.94. The quantitative estimate of drug-likeness (QED) is 0.829. The standard InChI is InChI=1S/C14H20N2O/c1-15-14(17)10-12(13-8-5-9-16-13)11-6-3-2-4-7-11/h2-4,6-7,12-13,16H,5,8-10H2,1H3,(H,15,17). The summed E-state index contributed by atoms with van der Waals surface area (Å²) in [7, 11) is 1.70. The Balaban J connectivity index is 2.14. The van der Waals surface area contributed by atoms with E-state index in [1.54, 1.807) is 7.05 Å². The van der Waals surface area contributed by atoms with Crippen molar-refractivity contribution in [2.45, 2.75) is 31.2 Å². The highest BCUT2D eigenvalue weighted by Crippen LogP contribution is 2.28. The molecule has 1 heterocycles. The lowest BCUT2D eigenvalue weighted by molar-refractivity contribution is -0.121. The maximum Gasteiger partial charge on any atom is 0.220 e. The number of hydrogen-bond donors (Lipinski definition) is 2. The third kappa shape index (κ3) is 3.07. The van der Waals surface area contributed by atoms with Crippen molar-refractivity contribution in [3.8, 4) is 0 Å². The van der Waals surface area contributed by atoms with E-state index >= 15 is 0 Å². The molecule has 0 saturated carbocycles. The van der Waals surface area contributed by atoms with Crippen molar-refractivity contribution >= 4 is 5.91 Å². The number of hydrogen-bond acceptors (Lipinski definition) is 2. The third-order valence-electron chi connectivity index (χ3n) is 3.50. The van der Waals surface area contributed by atoms with Crippen LogP contribution in [-0.4, -0.2) is 25.5 Å². The van der Waals surface area contributed by atoms with Gasteiger partial charge >= 0.3 is 0 Å². The number of nitrogens with one attached hydrogen (secondary N) is 2. The normalized spacial score (nSPS) is 21.1. The van der Waals surface area contributed by atoms with Gasteiger partial charge in [0, 0.05) is 25.4 Å². The highest BCUT2D eigenvalue weighted by atomic mass is 16.1. The monoisotopic (exact) mass is 232 g/mol. The van der Waals surface area contributed by atoms with E-state index < -0.39 is 0 Å². The smallest absolute Gasteiger partial charge is 0.220 e. The first-order chi connectivity index (χ1) is 8.31. The molecular formula is C14H20N2O. The maximum absolute atomic E-state index is 11.6. The molecule has 2 unspecified atom stereocenters. The number of rotatable bonds is 4. The van der Waals surface area contributed by atoms with Gasteiger partial charge in [-0.3, -0.25) is 4.79 Å². The molecule has 1 aromatic rings. The molecule has 0 aromatic heterocycles. The zero-order valence-electron chi connectivity index (χ0n) is 10.3. The summed E-state index contributed by atoms with van der Waals surface area (Å²) in [5.74, 6) is 0.409. The van der Waals surface area contributed by atoms with Crippen molar-refractivity contribution in [1.29, 1.82) is 0 Å². The molecule has 0 aliphatic carbocycles. The molecular weight excluding hydrogens is 212 g/mol. The van der Waals surface area contributed by atoms with Crippen LogP contribution in [-0.2, 0) is 4.79 Å². The largest absolute Gasteiger partial charge is 0.359 e. The van der Waals surface area contributed by atoms with Gasteiger partial charge in [0.05, 0.1) is 0 Å². The van der Waals surface area contributed by atoms with Crippen LogP contribution in [0.25, 0.3) is 0 Å². The zero-order valence-corrected chi connectivity index (χ0v) is 10.3. The Bertz CT molecular complexity index is 358. The topological polar surface area (TPSA) is 41.1 Å². The van der Waals surface area contributed by atoms with Gasteiger partial charge in [0.15, 0.2) is 0 Å². The minimum atomic E-state index is 0.118. The third-order valence-corrected chi connectivity index (χ3v) is 3.50. The van der Waals surface area contributed by atoms with Gasteiger partial charge < -0.3 is 10.6 Å². The lowest BCUT2D eigenvalue weighted by atomic mass is 9.87. The van der Waals surface area contributed by atoms with E-state index in [4.69, 9.17) is 0 Å². The van der Waals surface area contributed by atoms with Crippen molar-refractivity contribution in [2.75, 3.05) is 13.6 Å². The highest BCUT2D eigenvalue weighted by molar-refractivity contribution is 5.76. The van der Waals surface area contributed by atoms with E-state index in [1.807, 2.05) is 18.2 Å². The van der Waals surface area contributed by atoms with Gasteiger partial charge in [-0.05, 0) is 24.9 Å². The summed E-state index contributed by atoms with van der Waals surface area (Å²) in [6.45, 7) is 1.07. The molecule has 0 bridgehead atoms. The molecule has 0 spiro atoms. The van der Waals surface area contributed by atoms with Crippen molar-refractivity contribution in [3.05, 3.63) is 35.9 Å². The van der Waals surface area contributed by atoms with Gasteiger partial charge in [0.1, 0.15) is 0 Å². The number of carbonyl (C=O) groups excluding carboxylic acids is 1. The van der Waals surface area contributed by atoms with Crippen LogP contribution < -0.4 is 10.6 Å². The van der Waals surface area contributed by atoms with Crippen molar-refractivity contribution < 1.29 is 4.79 Å². The Morgan fingerprint density at radius 2 is 2.24 bits per heavy atom. The summed E-state index contributed by atoms with van der Waals surface area (Å²) in [5, 5.41) is 6.23. The van der Waals surface area contributed by atoms with Gasteiger partial charge in [0.25, 0.3) is 0 Å². The lowest BCUT2D eigenvalue weighted by Gasteiger charge is -2.23. The van der Waals surface area contributed by atoms with Gasteiger partial charge in [-0.15, -0.1) is 0 Å². The average Bonchev–Trinajstić information content (AvgIpc) is 2.90. The van der Waals surface area contributed by atoms with Crippen molar-refractivity contribution in [2.24, 2.45) is 0 Å². The van der Waals surface area contributed by atoms with Gasteiger partial charge in [0.2, 0.25) is 5.91 Å². The number of benzene rings is 1. The first-order valence-corrected chi connectivity index (χ1v) is 6.30. The van der Waals surface area contributed by atoms with Crippen LogP contribution in [0.15, 0.2) is 30.3 Å². The summed E-state index contributed by atoms with van der Waals surface area (Å²) >= 11 is 0. The minimum absolute atomic E-state index is 0.118. The second kappa shape index (κ2) is 5.82. The van der Waals surface area contributed by atoms with E-state index in [1.165, 1.54) is 12.0 Å². The molecule has 1 aromatic carbocycles. The van der Waals surface area contributed by atoms with Crippen LogP contribution in [0.1, 0.15) is 30.7 Å². The summed E-state index contributed by atoms with van der Waals surface area (Å²) in [6, 6.07) is 10.8. The molecule has 1 fully saturated rings. The fourth-order valence-electron chi connectivity index (χ4n) is 2.55. The second-order valence-corrected chi connectivity index (χ2v) is 4.60. The van der Waals surface area contributed by atoms with E-state index in [-0.39, 0.29) is 5.91 Å². The van der Waals surface area contributed by atoms with Gasteiger partial charge in [-0.25, -0.2) is 0 Å². The van der Waals surface area contributed by atoms with Crippen LogP contribution in [0.3, 0.4) is 0 Å². The number of carbonyl (C=O) groups is 1. The molecule has 17 heavy (non-hydrogen) atoms. The maximum atomic E-state index is 11.6. The summed E-state index contributed by atoms with van der Waals surface area (Å²) in [5.41, 5.74) is 1.26. The minimum Gasteiger partial charge on any atom is -0.359 e. The van der Waals surface area contributed by atoms with Crippen LogP contribution in [0.4, 0.5) is 0 Å². The molecule has 1 aliphatic heterocycles. The van der Waals surface area contributed by atoms with E-state index in [2.05, 4.69) is 22.8 Å². The van der Waals surface area contributed by atoms with Gasteiger partial charge in [-0.2, -0.15) is 0 Å². The molecule has 2 N–H and O–H groups in total. The lowest BCUT2D eigenvalue weighted by Crippen LogP contribution is -2.32. The average molecular weight is 232 g/mol. The SMILES string of the molecule is CNC(=O)CC(c1ccccc1)C1CCCN1. The summed E-state index contributed by atoms with van der Waals surface area (Å²) < 4.78 is 0. The van der Waals surface area contributed by atoms with E-state index in [0.717, 1.165) is 13.0 Å². The molecule has 92 valence electrons. The molecule has 3 heteroatoms.